The largest absolute Gasteiger partial charge is 0.346 e. The molecule has 19 heavy (non-hydrogen) atoms. The van der Waals surface area contributed by atoms with E-state index in [9.17, 15) is 4.79 Å². The van der Waals surface area contributed by atoms with Crippen molar-refractivity contribution < 1.29 is 19.0 Å². The molecule has 0 aliphatic rings. The summed E-state index contributed by atoms with van der Waals surface area (Å²) in [6.45, 7) is 9.14. The fourth-order valence-corrected chi connectivity index (χ4v) is 1.48. The zero-order valence-corrected chi connectivity index (χ0v) is 13.0. The van der Waals surface area contributed by atoms with Gasteiger partial charge in [-0.3, -0.25) is 4.79 Å². The lowest BCUT2D eigenvalue weighted by Crippen LogP contribution is -2.46. The van der Waals surface area contributed by atoms with Gasteiger partial charge in [0.2, 0.25) is 5.78 Å². The molecule has 4 nitrogen and oxygen atoms in total. The normalized spacial score (nSPS) is 11.8. The number of ketones is 1. The highest BCUT2D eigenvalue weighted by Gasteiger charge is 2.39. The monoisotopic (exact) mass is 274 g/mol. The predicted molar refractivity (Wildman–Crippen MR) is 76.0 cm³/mol. The van der Waals surface area contributed by atoms with Crippen LogP contribution in [0.25, 0.3) is 0 Å². The Morgan fingerprint density at radius 3 is 1.32 bits per heavy atom. The fraction of sp³-hybridized carbons (Fsp3) is 0.933. The summed E-state index contributed by atoms with van der Waals surface area (Å²) >= 11 is 0. The van der Waals surface area contributed by atoms with Gasteiger partial charge in [-0.05, 0) is 19.3 Å². The summed E-state index contributed by atoms with van der Waals surface area (Å²) in [4.78, 5) is 11.9. The maximum atomic E-state index is 11.9. The van der Waals surface area contributed by atoms with Crippen LogP contribution in [0.1, 0.15) is 66.2 Å². The summed E-state index contributed by atoms with van der Waals surface area (Å²) < 4.78 is 16.9. The van der Waals surface area contributed by atoms with E-state index in [4.69, 9.17) is 14.2 Å². The van der Waals surface area contributed by atoms with E-state index in [0.717, 1.165) is 38.5 Å². The summed E-state index contributed by atoms with van der Waals surface area (Å²) in [5.74, 6) is -1.70. The third-order valence-corrected chi connectivity index (χ3v) is 2.80. The Balaban J connectivity index is 4.53. The summed E-state index contributed by atoms with van der Waals surface area (Å²) in [6, 6.07) is 0. The summed E-state index contributed by atoms with van der Waals surface area (Å²) in [6.07, 6.45) is 5.71. The van der Waals surface area contributed by atoms with Crippen LogP contribution in [-0.2, 0) is 19.0 Å². The molecule has 0 aromatic heterocycles. The first kappa shape index (κ1) is 18.6. The Labute approximate surface area is 117 Å². The second-order valence-corrected chi connectivity index (χ2v) is 4.72. The topological polar surface area (TPSA) is 44.8 Å². The highest BCUT2D eigenvalue weighted by Crippen LogP contribution is 2.19. The van der Waals surface area contributed by atoms with Crippen LogP contribution < -0.4 is 0 Å². The van der Waals surface area contributed by atoms with E-state index in [1.807, 2.05) is 0 Å². The van der Waals surface area contributed by atoms with Gasteiger partial charge >= 0.3 is 5.97 Å². The lowest BCUT2D eigenvalue weighted by atomic mass is 10.3. The lowest BCUT2D eigenvalue weighted by molar-refractivity contribution is -0.353. The molecule has 0 unspecified atom stereocenters. The van der Waals surface area contributed by atoms with E-state index in [1.54, 1.807) is 0 Å². The third-order valence-electron chi connectivity index (χ3n) is 2.80. The molecule has 4 heteroatoms. The Morgan fingerprint density at radius 2 is 1.11 bits per heavy atom. The maximum absolute atomic E-state index is 11.9. The molecule has 0 aliphatic heterocycles. The molecule has 0 fully saturated rings. The van der Waals surface area contributed by atoms with Crippen molar-refractivity contribution in [2.24, 2.45) is 0 Å². The van der Waals surface area contributed by atoms with Crippen molar-refractivity contribution in [2.75, 3.05) is 19.8 Å². The molecule has 0 saturated heterocycles. The van der Waals surface area contributed by atoms with E-state index in [0.29, 0.717) is 19.8 Å². The number of rotatable bonds is 13. The average molecular weight is 274 g/mol. The van der Waals surface area contributed by atoms with Crippen LogP contribution in [0.4, 0.5) is 0 Å². The van der Waals surface area contributed by atoms with E-state index in [2.05, 4.69) is 20.8 Å². The second-order valence-electron chi connectivity index (χ2n) is 4.72. The molecule has 0 bridgehead atoms. The Kier molecular flexibility index (Phi) is 11.1. The van der Waals surface area contributed by atoms with Gasteiger partial charge in [-0.15, -0.1) is 0 Å². The van der Waals surface area contributed by atoms with Gasteiger partial charge in [0.05, 0.1) is 19.8 Å². The number of ether oxygens (including phenoxy) is 3. The van der Waals surface area contributed by atoms with Crippen LogP contribution in [0.2, 0.25) is 0 Å². The first-order valence-electron chi connectivity index (χ1n) is 7.55. The van der Waals surface area contributed by atoms with Crippen LogP contribution in [-0.4, -0.2) is 31.6 Å². The Morgan fingerprint density at radius 1 is 0.789 bits per heavy atom. The second kappa shape index (κ2) is 11.4. The highest BCUT2D eigenvalue weighted by atomic mass is 16.9. The van der Waals surface area contributed by atoms with Crippen molar-refractivity contribution in [3.8, 4) is 0 Å². The minimum Gasteiger partial charge on any atom is -0.321 e. The number of hydrogen-bond acceptors (Lipinski definition) is 4. The van der Waals surface area contributed by atoms with E-state index in [1.165, 1.54) is 6.92 Å². The quantitative estimate of drug-likeness (QED) is 0.379. The molecule has 0 aromatic rings. The van der Waals surface area contributed by atoms with Crippen molar-refractivity contribution in [1.82, 2.24) is 0 Å². The maximum Gasteiger partial charge on any atom is 0.346 e. The first-order chi connectivity index (χ1) is 9.13. The number of carbonyl (C=O) groups excluding carboxylic acids is 1. The van der Waals surface area contributed by atoms with Gasteiger partial charge in [0.15, 0.2) is 0 Å². The number of unbranched alkanes of at least 4 members (excludes halogenated alkanes) is 3. The molecule has 0 aliphatic carbocycles. The van der Waals surface area contributed by atoms with Crippen LogP contribution in [0, 0.1) is 0 Å². The number of Topliss-reactive ketones (excluding diaryl/α,β-unsaturated/α-hetero) is 1. The molecular formula is C15H30O4. The van der Waals surface area contributed by atoms with Crippen molar-refractivity contribution in [3.63, 3.8) is 0 Å². The van der Waals surface area contributed by atoms with Gasteiger partial charge in [-0.2, -0.15) is 0 Å². The van der Waals surface area contributed by atoms with Gasteiger partial charge in [-0.1, -0.05) is 40.0 Å². The lowest BCUT2D eigenvalue weighted by Gasteiger charge is -2.30. The zero-order valence-electron chi connectivity index (χ0n) is 13.0. The fourth-order valence-electron chi connectivity index (χ4n) is 1.48. The van der Waals surface area contributed by atoms with Crippen molar-refractivity contribution in [3.05, 3.63) is 0 Å². The van der Waals surface area contributed by atoms with E-state index >= 15 is 0 Å². The SMILES string of the molecule is CCCCOC(OCCCC)(OCCCC)C(C)=O. The first-order valence-corrected chi connectivity index (χ1v) is 7.55. The molecule has 0 radical (unpaired) electrons. The van der Waals surface area contributed by atoms with Gasteiger partial charge in [0, 0.05) is 6.92 Å². The minimum absolute atomic E-state index is 0.212. The zero-order chi connectivity index (χ0) is 14.6. The Hall–Kier alpha value is -0.450. The van der Waals surface area contributed by atoms with E-state index < -0.39 is 5.97 Å². The van der Waals surface area contributed by atoms with Crippen LogP contribution in [0.15, 0.2) is 0 Å². The standard InChI is InChI=1S/C15H30O4/c1-5-8-11-17-15(14(4)16,18-12-9-6-2)19-13-10-7-3/h5-13H2,1-4H3. The van der Waals surface area contributed by atoms with Gasteiger partial charge in [0.1, 0.15) is 0 Å². The summed E-state index contributed by atoms with van der Waals surface area (Å²) in [5, 5.41) is 0. The third kappa shape index (κ3) is 7.65. The Bertz CT molecular complexity index is 202. The van der Waals surface area contributed by atoms with Crippen molar-refractivity contribution in [2.45, 2.75) is 72.2 Å². The molecular weight excluding hydrogens is 244 g/mol. The molecule has 0 heterocycles. The average Bonchev–Trinajstić information content (AvgIpc) is 2.38. The van der Waals surface area contributed by atoms with Gasteiger partial charge in [-0.25, -0.2) is 0 Å². The predicted octanol–water partition coefficient (Wildman–Crippen LogP) is 3.68. The molecule has 0 N–H and O–H groups in total. The molecule has 0 saturated carbocycles. The molecule has 0 spiro atoms. The van der Waals surface area contributed by atoms with Crippen molar-refractivity contribution in [1.29, 1.82) is 0 Å². The van der Waals surface area contributed by atoms with Crippen LogP contribution >= 0.6 is 0 Å². The van der Waals surface area contributed by atoms with Crippen molar-refractivity contribution >= 4 is 5.78 Å². The van der Waals surface area contributed by atoms with Crippen LogP contribution in [0.5, 0.6) is 0 Å². The number of carbonyl (C=O) groups is 1. The molecule has 114 valence electrons. The van der Waals surface area contributed by atoms with E-state index in [-0.39, 0.29) is 5.78 Å². The molecule has 0 atom stereocenters. The summed E-state index contributed by atoms with van der Waals surface area (Å²) in [5.41, 5.74) is 0. The highest BCUT2D eigenvalue weighted by molar-refractivity contribution is 5.81. The van der Waals surface area contributed by atoms with Crippen LogP contribution in [0.3, 0.4) is 0 Å². The molecule has 0 rings (SSSR count). The smallest absolute Gasteiger partial charge is 0.321 e. The molecule has 0 amide bonds. The number of hydrogen-bond donors (Lipinski definition) is 0. The summed E-state index contributed by atoms with van der Waals surface area (Å²) in [7, 11) is 0. The minimum atomic E-state index is -1.49. The van der Waals surface area contributed by atoms with Gasteiger partial charge < -0.3 is 14.2 Å². The van der Waals surface area contributed by atoms with Gasteiger partial charge in [0.25, 0.3) is 0 Å². The molecule has 0 aromatic carbocycles.